The minimum Gasteiger partial charge on any atom is -0.261 e. The van der Waals surface area contributed by atoms with E-state index >= 15 is 0 Å². The maximum atomic E-state index is 14.0. The molecule has 0 bridgehead atoms. The van der Waals surface area contributed by atoms with Crippen LogP contribution < -0.4 is 0 Å². The number of nitrogens with zero attached hydrogens (tertiary/aromatic N) is 4. The zero-order valence-corrected chi connectivity index (χ0v) is 13.5. The van der Waals surface area contributed by atoms with Gasteiger partial charge in [-0.3, -0.25) is 9.99 Å². The highest BCUT2D eigenvalue weighted by Gasteiger charge is 2.54. The number of hydrogen-bond acceptors (Lipinski definition) is 4. The Bertz CT molecular complexity index is 792. The largest absolute Gasteiger partial charge is 0.406 e. The molecule has 1 saturated carbocycles. The van der Waals surface area contributed by atoms with Crippen molar-refractivity contribution in [2.45, 2.75) is 32.0 Å². The summed E-state index contributed by atoms with van der Waals surface area (Å²) in [4.78, 5) is 8.33. The Morgan fingerprint density at radius 1 is 1.28 bits per heavy atom. The number of pyridine rings is 1. The highest BCUT2D eigenvalue weighted by molar-refractivity contribution is 6.08. The van der Waals surface area contributed by atoms with E-state index in [2.05, 4.69) is 9.98 Å². The van der Waals surface area contributed by atoms with E-state index < -0.39 is 18.0 Å². The van der Waals surface area contributed by atoms with Crippen LogP contribution in [0, 0.1) is 11.7 Å². The Kier molecular flexibility index (Phi) is 3.68. The number of alkyl halides is 3. The van der Waals surface area contributed by atoms with E-state index in [4.69, 9.17) is 0 Å². The van der Waals surface area contributed by atoms with Gasteiger partial charge in [0.25, 0.3) is 0 Å². The fraction of sp³-hybridized carbons (Fsp3) is 0.412. The van der Waals surface area contributed by atoms with Gasteiger partial charge in [-0.15, -0.1) is 0 Å². The molecule has 1 atom stereocenters. The van der Waals surface area contributed by atoms with Crippen LogP contribution in [0.3, 0.4) is 0 Å². The van der Waals surface area contributed by atoms with Crippen molar-refractivity contribution in [2.24, 2.45) is 10.9 Å². The van der Waals surface area contributed by atoms with Crippen molar-refractivity contribution >= 4 is 5.71 Å². The Morgan fingerprint density at radius 2 is 2.04 bits per heavy atom. The fourth-order valence-electron chi connectivity index (χ4n) is 3.39. The summed E-state index contributed by atoms with van der Waals surface area (Å²) < 4.78 is 54.6. The number of halogens is 4. The zero-order chi connectivity index (χ0) is 17.8. The topological polar surface area (TPSA) is 31.7 Å². The number of hydrazine groups is 1. The predicted molar refractivity (Wildman–Crippen MR) is 83.7 cm³/mol. The fourth-order valence-corrected chi connectivity index (χ4v) is 3.39. The number of fused-ring (bicyclic) bond motifs is 1. The molecular weight excluding hydrogens is 336 g/mol. The normalized spacial score (nSPS) is 22.3. The maximum Gasteiger partial charge on any atom is 0.406 e. The van der Waals surface area contributed by atoms with Crippen LogP contribution in [0.4, 0.5) is 17.6 Å². The van der Waals surface area contributed by atoms with Gasteiger partial charge in [-0.05, 0) is 50.0 Å². The molecule has 1 unspecified atom stereocenters. The van der Waals surface area contributed by atoms with Gasteiger partial charge >= 0.3 is 6.18 Å². The molecule has 25 heavy (non-hydrogen) atoms. The van der Waals surface area contributed by atoms with Crippen LogP contribution in [0.15, 0.2) is 47.0 Å². The highest BCUT2D eigenvalue weighted by atomic mass is 19.4. The molecule has 3 heterocycles. The van der Waals surface area contributed by atoms with Crippen molar-refractivity contribution in [3.05, 3.63) is 53.5 Å². The minimum absolute atomic E-state index is 0.0930. The Hall–Kier alpha value is -2.22. The second-order valence-corrected chi connectivity index (χ2v) is 6.44. The van der Waals surface area contributed by atoms with Crippen LogP contribution in [0.2, 0.25) is 0 Å². The first-order valence-electron chi connectivity index (χ1n) is 8.07. The van der Waals surface area contributed by atoms with Gasteiger partial charge < -0.3 is 0 Å². The second kappa shape index (κ2) is 5.66. The van der Waals surface area contributed by atoms with Crippen molar-refractivity contribution in [2.75, 3.05) is 6.54 Å². The highest BCUT2D eigenvalue weighted by Crippen LogP contribution is 2.46. The van der Waals surface area contributed by atoms with Gasteiger partial charge in [0.2, 0.25) is 0 Å². The van der Waals surface area contributed by atoms with E-state index in [-0.39, 0.29) is 18.2 Å². The van der Waals surface area contributed by atoms with E-state index in [0.717, 1.165) is 0 Å². The molecule has 0 N–H and O–H groups in total. The Balaban J connectivity index is 1.66. The summed E-state index contributed by atoms with van der Waals surface area (Å²) in [5.74, 6) is -0.505. The van der Waals surface area contributed by atoms with Gasteiger partial charge in [0, 0.05) is 18.4 Å². The quantitative estimate of drug-likeness (QED) is 0.779. The second-order valence-electron chi connectivity index (χ2n) is 6.44. The molecule has 2 aliphatic heterocycles. The first-order valence-corrected chi connectivity index (χ1v) is 8.07. The lowest BCUT2D eigenvalue weighted by atomic mass is 10.1. The number of aliphatic imine (C=N–C) groups is 1. The van der Waals surface area contributed by atoms with Gasteiger partial charge in [0.05, 0.1) is 5.71 Å². The standard InChI is InChI=1S/C17H16F4N4/c1-10-9-13(15-12(18)3-2-7-22-15)23-14-6-8-24(25(10)14)16(11-4-5-11)17(19,20)21/h2-3,6-7,9,11,16H,4-5,8H2,1H3. The molecule has 1 aromatic heterocycles. The first kappa shape index (κ1) is 16.3. The summed E-state index contributed by atoms with van der Waals surface area (Å²) in [6.07, 6.45) is 1.53. The molecule has 132 valence electrons. The van der Waals surface area contributed by atoms with Crippen LogP contribution in [0.25, 0.3) is 0 Å². The van der Waals surface area contributed by atoms with Crippen molar-refractivity contribution in [1.82, 2.24) is 15.0 Å². The van der Waals surface area contributed by atoms with Crippen LogP contribution in [-0.2, 0) is 0 Å². The summed E-state index contributed by atoms with van der Waals surface area (Å²) in [6, 6.07) is 1.24. The monoisotopic (exact) mass is 352 g/mol. The summed E-state index contributed by atoms with van der Waals surface area (Å²) in [5, 5.41) is 2.80. The molecule has 0 saturated heterocycles. The first-order chi connectivity index (χ1) is 11.9. The summed E-state index contributed by atoms with van der Waals surface area (Å²) in [6.45, 7) is 1.82. The number of hydrogen-bond donors (Lipinski definition) is 0. The van der Waals surface area contributed by atoms with E-state index in [1.54, 1.807) is 19.1 Å². The van der Waals surface area contributed by atoms with Crippen LogP contribution >= 0.6 is 0 Å². The van der Waals surface area contributed by atoms with Gasteiger partial charge in [-0.1, -0.05) is 0 Å². The van der Waals surface area contributed by atoms with Crippen molar-refractivity contribution in [3.63, 3.8) is 0 Å². The molecule has 0 radical (unpaired) electrons. The van der Waals surface area contributed by atoms with E-state index in [0.29, 0.717) is 30.1 Å². The number of aromatic nitrogens is 1. The van der Waals surface area contributed by atoms with Gasteiger partial charge in [-0.25, -0.2) is 9.38 Å². The molecule has 3 aliphatic rings. The molecule has 0 spiro atoms. The Morgan fingerprint density at radius 3 is 2.68 bits per heavy atom. The zero-order valence-electron chi connectivity index (χ0n) is 13.5. The molecule has 1 aliphatic carbocycles. The van der Waals surface area contributed by atoms with Crippen LogP contribution in [-0.4, -0.2) is 39.5 Å². The average molecular weight is 352 g/mol. The molecule has 0 aromatic carbocycles. The van der Waals surface area contributed by atoms with E-state index in [9.17, 15) is 17.6 Å². The lowest BCUT2D eigenvalue weighted by Crippen LogP contribution is -2.52. The van der Waals surface area contributed by atoms with Gasteiger partial charge in [0.15, 0.2) is 5.82 Å². The van der Waals surface area contributed by atoms with Crippen molar-refractivity contribution in [1.29, 1.82) is 0 Å². The lowest BCUT2D eigenvalue weighted by molar-refractivity contribution is -0.212. The third-order valence-electron chi connectivity index (χ3n) is 4.58. The minimum atomic E-state index is -4.30. The predicted octanol–water partition coefficient (Wildman–Crippen LogP) is 3.64. The smallest absolute Gasteiger partial charge is 0.261 e. The third kappa shape index (κ3) is 2.84. The molecule has 8 heteroatoms. The number of rotatable bonds is 3. The summed E-state index contributed by atoms with van der Waals surface area (Å²) >= 11 is 0. The molecular formula is C17H16F4N4. The Labute approximate surface area is 142 Å². The lowest BCUT2D eigenvalue weighted by Gasteiger charge is -2.39. The summed E-state index contributed by atoms with van der Waals surface area (Å²) in [7, 11) is 0. The summed E-state index contributed by atoms with van der Waals surface area (Å²) in [5.41, 5.74) is 0.971. The van der Waals surface area contributed by atoms with Gasteiger partial charge in [0.1, 0.15) is 17.6 Å². The van der Waals surface area contributed by atoms with Crippen molar-refractivity contribution < 1.29 is 17.6 Å². The molecule has 4 rings (SSSR count). The van der Waals surface area contributed by atoms with Crippen LogP contribution in [0.1, 0.15) is 25.5 Å². The van der Waals surface area contributed by atoms with Crippen molar-refractivity contribution in [3.8, 4) is 0 Å². The van der Waals surface area contributed by atoms with Crippen LogP contribution in [0.5, 0.6) is 0 Å². The average Bonchev–Trinajstić information content (AvgIpc) is 3.26. The maximum absolute atomic E-state index is 14.0. The van der Waals surface area contributed by atoms with Gasteiger partial charge in [-0.2, -0.15) is 18.2 Å². The van der Waals surface area contributed by atoms with E-state index in [1.807, 2.05) is 0 Å². The van der Waals surface area contributed by atoms with E-state index in [1.165, 1.54) is 28.3 Å². The molecule has 0 amide bonds. The SMILES string of the molecule is CC1=CC(c2ncccc2F)=NC2=CCN(C(C3CC3)C(F)(F)F)N12. The third-order valence-corrected chi connectivity index (χ3v) is 4.58. The molecule has 4 nitrogen and oxygen atoms in total. The number of allylic oxidation sites excluding steroid dienone is 2. The molecule has 1 fully saturated rings. The molecule has 1 aromatic rings.